The highest BCUT2D eigenvalue weighted by Crippen LogP contribution is 2.70. The summed E-state index contributed by atoms with van der Waals surface area (Å²) in [5, 5.41) is 9.60. The average Bonchev–Trinajstić information content (AvgIpc) is 1.97. The van der Waals surface area contributed by atoms with Crippen LogP contribution in [0.25, 0.3) is 0 Å². The molecule has 3 nitrogen and oxygen atoms in total. The molecule has 0 fully saturated rings. The molecule has 0 spiro atoms. The van der Waals surface area contributed by atoms with E-state index >= 15 is 0 Å². The second-order valence-electron chi connectivity index (χ2n) is 7.41. The molecule has 4 heteroatoms. The van der Waals surface area contributed by atoms with Crippen LogP contribution in [-0.4, -0.2) is 65.4 Å². The van der Waals surface area contributed by atoms with Crippen molar-refractivity contribution in [2.24, 2.45) is 0 Å². The van der Waals surface area contributed by atoms with Gasteiger partial charge < -0.3 is 5.11 Å². The van der Waals surface area contributed by atoms with E-state index in [1.54, 1.807) is 0 Å². The summed E-state index contributed by atoms with van der Waals surface area (Å²) in [5.41, 5.74) is -0.849. The summed E-state index contributed by atoms with van der Waals surface area (Å²) in [5.74, 6) is -0.746. The predicted molar refractivity (Wildman–Crippen MR) is 76.5 cm³/mol. The summed E-state index contributed by atoms with van der Waals surface area (Å²) in [6.07, 6.45) is 8.93. The van der Waals surface area contributed by atoms with Crippen LogP contribution in [0.4, 0.5) is 0 Å². The Labute approximate surface area is 100 Å². The van der Waals surface area contributed by atoms with Crippen LogP contribution in [0.15, 0.2) is 0 Å². The number of hydrogen-bond donors (Lipinski definition) is 2. The normalized spacial score (nSPS) is 20.0. The number of carboxylic acids is 1. The minimum atomic E-state index is -2.04. The maximum absolute atomic E-state index is 11.7. The lowest BCUT2D eigenvalue weighted by atomic mass is 9.86. The average molecular weight is 251 g/mol. The first kappa shape index (κ1) is 15.8. The molecule has 0 aromatic heterocycles. The molecule has 1 N–H and O–H groups in total. The second kappa shape index (κ2) is 3.64. The topological polar surface area (TPSA) is 40.5 Å². The van der Waals surface area contributed by atoms with Crippen LogP contribution in [0, 0.1) is 0 Å². The van der Waals surface area contributed by atoms with Crippen molar-refractivity contribution in [2.45, 2.75) is 31.1 Å². The van der Waals surface area contributed by atoms with Crippen molar-refractivity contribution >= 4 is 15.1 Å². The number of aliphatic carboxylic acids is 1. The number of thiol groups is 1. The highest BCUT2D eigenvalue weighted by atomic mass is 32.3. The van der Waals surface area contributed by atoms with Crippen molar-refractivity contribution in [3.05, 3.63) is 0 Å². The molecule has 0 amide bonds. The van der Waals surface area contributed by atoms with E-state index in [4.69, 9.17) is 0 Å². The van der Waals surface area contributed by atoms with E-state index in [9.17, 15) is 9.90 Å². The van der Waals surface area contributed by atoms with Crippen LogP contribution in [0.1, 0.15) is 20.8 Å². The van der Waals surface area contributed by atoms with Crippen LogP contribution in [0.2, 0.25) is 0 Å². The Kier molecular flexibility index (Phi) is 3.59. The van der Waals surface area contributed by atoms with Crippen molar-refractivity contribution < 1.29 is 9.90 Å². The minimum absolute atomic E-state index is 0.270. The van der Waals surface area contributed by atoms with Crippen molar-refractivity contribution in [1.82, 2.24) is 4.90 Å². The van der Waals surface area contributed by atoms with Gasteiger partial charge in [0.05, 0.1) is 0 Å². The molecule has 0 aromatic rings. The van der Waals surface area contributed by atoms with Crippen LogP contribution >= 0.6 is 9.16 Å². The lowest BCUT2D eigenvalue weighted by molar-refractivity contribution is -0.150. The molecule has 1 unspecified atom stereocenters. The van der Waals surface area contributed by atoms with Gasteiger partial charge in [-0.15, -0.1) is 0 Å². The molecular weight excluding hydrogens is 222 g/mol. The quantitative estimate of drug-likeness (QED) is 0.748. The molecule has 0 saturated carbocycles. The highest BCUT2D eigenvalue weighted by molar-refractivity contribution is 8.48. The van der Waals surface area contributed by atoms with E-state index in [0.717, 1.165) is 0 Å². The van der Waals surface area contributed by atoms with E-state index in [2.05, 4.69) is 38.9 Å². The zero-order chi connectivity index (χ0) is 13.6. The van der Waals surface area contributed by atoms with Gasteiger partial charge in [0.2, 0.25) is 0 Å². The third-order valence-corrected chi connectivity index (χ3v) is 9.65. The van der Waals surface area contributed by atoms with Gasteiger partial charge in [-0.25, -0.2) is 0 Å². The highest BCUT2D eigenvalue weighted by Gasteiger charge is 2.57. The number of hydrogen-bond acceptors (Lipinski definition) is 2. The molecule has 0 rings (SSSR count). The first-order chi connectivity index (χ1) is 6.65. The van der Waals surface area contributed by atoms with Gasteiger partial charge in [-0.1, -0.05) is 13.8 Å². The smallest absolute Gasteiger partial charge is 0.325 e. The number of carboxylic acid groups (broad SMARTS) is 1. The van der Waals surface area contributed by atoms with Crippen LogP contribution < -0.4 is 0 Å². The number of carbonyl (C=O) groups is 1. The standard InChI is InChI=1S/C12H29NO2S/c1-11(2,16(6,7,8)9)12(3,10(14)15)13(4)5/h16H,1-9H3,(H,14,15). The van der Waals surface area contributed by atoms with E-state index in [-0.39, 0.29) is 4.75 Å². The van der Waals surface area contributed by atoms with Crippen molar-refractivity contribution in [1.29, 1.82) is 0 Å². The van der Waals surface area contributed by atoms with E-state index in [0.29, 0.717) is 0 Å². The zero-order valence-corrected chi connectivity index (χ0v) is 13.1. The largest absolute Gasteiger partial charge is 0.480 e. The molecule has 0 aliphatic carbocycles. The Morgan fingerprint density at radius 3 is 1.44 bits per heavy atom. The fraction of sp³-hybridized carbons (Fsp3) is 0.917. The molecule has 16 heavy (non-hydrogen) atoms. The summed E-state index contributed by atoms with van der Waals surface area (Å²) in [6.45, 7) is 5.99. The van der Waals surface area contributed by atoms with E-state index in [1.165, 1.54) is 0 Å². The second-order valence-corrected chi connectivity index (χ2v) is 15.7. The first-order valence-corrected chi connectivity index (χ1v) is 9.58. The monoisotopic (exact) mass is 251 g/mol. The Morgan fingerprint density at radius 2 is 1.38 bits per heavy atom. The summed E-state index contributed by atoms with van der Waals surface area (Å²) in [4.78, 5) is 13.5. The van der Waals surface area contributed by atoms with Gasteiger partial charge in [-0.05, 0) is 46.0 Å². The number of likely N-dealkylation sites (N-methyl/N-ethyl adjacent to an activating group) is 1. The fourth-order valence-corrected chi connectivity index (χ4v) is 3.91. The maximum Gasteiger partial charge on any atom is 0.325 e. The Morgan fingerprint density at radius 1 is 1.06 bits per heavy atom. The van der Waals surface area contributed by atoms with Crippen molar-refractivity contribution in [3.63, 3.8) is 0 Å². The summed E-state index contributed by atoms with van der Waals surface area (Å²) in [6, 6.07) is 0. The summed E-state index contributed by atoms with van der Waals surface area (Å²) < 4.78 is -0.270. The third-order valence-electron chi connectivity index (χ3n) is 4.74. The molecule has 0 radical (unpaired) electrons. The Bertz CT molecular complexity index is 293. The summed E-state index contributed by atoms with van der Waals surface area (Å²) in [7, 11) is 1.65. The molecular formula is C12H29NO2S. The van der Waals surface area contributed by atoms with Crippen molar-refractivity contribution in [2.75, 3.05) is 39.1 Å². The van der Waals surface area contributed by atoms with Crippen LogP contribution in [0.5, 0.6) is 0 Å². The molecule has 1 atom stereocenters. The summed E-state index contributed by atoms with van der Waals surface area (Å²) >= 11 is 0. The van der Waals surface area contributed by atoms with E-state index in [1.807, 2.05) is 25.9 Å². The van der Waals surface area contributed by atoms with Crippen molar-refractivity contribution in [3.8, 4) is 0 Å². The fourth-order valence-electron chi connectivity index (χ4n) is 1.87. The third kappa shape index (κ3) is 2.09. The van der Waals surface area contributed by atoms with Gasteiger partial charge in [0.25, 0.3) is 0 Å². The molecule has 100 valence electrons. The van der Waals surface area contributed by atoms with Gasteiger partial charge >= 0.3 is 5.97 Å². The van der Waals surface area contributed by atoms with Gasteiger partial charge in [0.15, 0.2) is 0 Å². The lowest BCUT2D eigenvalue weighted by Gasteiger charge is -2.66. The SMILES string of the molecule is CN(C)C(C)(C(=O)O)C(C)(C)[SH](C)(C)(C)C. The first-order valence-electron chi connectivity index (χ1n) is 5.56. The van der Waals surface area contributed by atoms with Crippen LogP contribution in [0.3, 0.4) is 0 Å². The molecule has 0 aromatic carbocycles. The Hall–Kier alpha value is -0.220. The molecule has 0 aliphatic heterocycles. The predicted octanol–water partition coefficient (Wildman–Crippen LogP) is 1.76. The van der Waals surface area contributed by atoms with Crippen LogP contribution in [-0.2, 0) is 4.79 Å². The zero-order valence-electron chi connectivity index (χ0n) is 12.2. The lowest BCUT2D eigenvalue weighted by Crippen LogP contribution is -2.66. The molecule has 0 heterocycles. The number of rotatable bonds is 4. The van der Waals surface area contributed by atoms with Gasteiger partial charge in [0, 0.05) is 4.75 Å². The Balaban J connectivity index is 5.87. The molecule has 0 saturated heterocycles. The van der Waals surface area contributed by atoms with E-state index < -0.39 is 20.7 Å². The molecule has 0 bridgehead atoms. The molecule has 0 aliphatic rings. The number of nitrogens with zero attached hydrogens (tertiary/aromatic N) is 1. The van der Waals surface area contributed by atoms with Gasteiger partial charge in [-0.3, -0.25) is 18.9 Å². The minimum Gasteiger partial charge on any atom is -0.480 e. The van der Waals surface area contributed by atoms with Gasteiger partial charge in [0.1, 0.15) is 5.54 Å². The maximum atomic E-state index is 11.7. The van der Waals surface area contributed by atoms with Gasteiger partial charge in [-0.2, -0.15) is 0 Å².